The van der Waals surface area contributed by atoms with Gasteiger partial charge in [0, 0.05) is 96.6 Å². The van der Waals surface area contributed by atoms with E-state index in [-0.39, 0.29) is 11.8 Å². The van der Waals surface area contributed by atoms with Gasteiger partial charge in [-0.2, -0.15) is 0 Å². The molecule has 0 bridgehead atoms. The quantitative estimate of drug-likeness (QED) is 0.237. The Kier molecular flexibility index (Phi) is 8.30. The van der Waals surface area contributed by atoms with Crippen LogP contribution < -0.4 is 10.6 Å². The molecule has 0 saturated carbocycles. The second-order valence-corrected chi connectivity index (χ2v) is 10.7. The zero-order valence-corrected chi connectivity index (χ0v) is 23.1. The fourth-order valence-corrected chi connectivity index (χ4v) is 4.98. The predicted molar refractivity (Wildman–Crippen MR) is 156 cm³/mol. The molecule has 2 aromatic carbocycles. The van der Waals surface area contributed by atoms with Gasteiger partial charge in [0.05, 0.1) is 5.69 Å². The molecule has 0 aliphatic carbocycles. The normalized spacial score (nSPS) is 14.9. The average Bonchev–Trinajstić information content (AvgIpc) is 3.54. The lowest BCUT2D eigenvalue weighted by molar-refractivity contribution is 0.0942. The second-order valence-electron chi connectivity index (χ2n) is 10.7. The molecule has 3 heterocycles. The van der Waals surface area contributed by atoms with Crippen LogP contribution in [-0.4, -0.2) is 110 Å². The Bertz CT molecular complexity index is 1450. The minimum absolute atomic E-state index is 0.0603. The van der Waals surface area contributed by atoms with Crippen LogP contribution in [0.4, 0.5) is 0 Å². The number of nitrogens with one attached hydrogen (secondary N) is 4. The average molecular weight is 529 g/mol. The number of nitrogens with zero attached hydrogens (tertiary/aromatic N) is 3. The molecule has 1 aliphatic rings. The summed E-state index contributed by atoms with van der Waals surface area (Å²) in [6.45, 7) is 7.46. The highest BCUT2D eigenvalue weighted by atomic mass is 16.2. The molecule has 4 N–H and O–H groups in total. The minimum atomic E-state index is -0.0859. The van der Waals surface area contributed by atoms with Crippen molar-refractivity contribution in [2.24, 2.45) is 0 Å². The number of piperazine rings is 1. The molecule has 205 valence electrons. The van der Waals surface area contributed by atoms with Crippen LogP contribution in [0.3, 0.4) is 0 Å². The van der Waals surface area contributed by atoms with Crippen molar-refractivity contribution in [3.05, 3.63) is 59.8 Å². The number of amides is 2. The molecule has 0 spiro atoms. The first-order valence-corrected chi connectivity index (χ1v) is 13.7. The van der Waals surface area contributed by atoms with Crippen molar-refractivity contribution in [2.45, 2.75) is 6.42 Å². The maximum atomic E-state index is 12.8. The SMILES string of the molecule is CN(C)CCNC(=O)c1ccc2c(-c3[c]c4ccc(C(=O)NCCCN5CCN(C)CC5)cc4[nH]3)c[nH]c2c1. The van der Waals surface area contributed by atoms with Crippen molar-refractivity contribution < 1.29 is 9.59 Å². The third-order valence-electron chi connectivity index (χ3n) is 7.39. The summed E-state index contributed by atoms with van der Waals surface area (Å²) in [5.41, 5.74) is 4.80. The Morgan fingerprint density at radius 2 is 1.64 bits per heavy atom. The molecule has 1 saturated heterocycles. The summed E-state index contributed by atoms with van der Waals surface area (Å²) in [5, 5.41) is 7.94. The summed E-state index contributed by atoms with van der Waals surface area (Å²) in [6, 6.07) is 14.8. The lowest BCUT2D eigenvalue weighted by Crippen LogP contribution is -2.45. The number of H-pyrrole nitrogens is 2. The smallest absolute Gasteiger partial charge is 0.251 e. The maximum absolute atomic E-state index is 12.8. The van der Waals surface area contributed by atoms with Crippen molar-refractivity contribution in [2.75, 3.05) is 73.5 Å². The van der Waals surface area contributed by atoms with Gasteiger partial charge in [-0.05, 0) is 58.4 Å². The lowest BCUT2D eigenvalue weighted by Gasteiger charge is -2.32. The highest BCUT2D eigenvalue weighted by molar-refractivity contribution is 6.03. The third kappa shape index (κ3) is 6.50. The van der Waals surface area contributed by atoms with Gasteiger partial charge in [-0.1, -0.05) is 12.1 Å². The first-order chi connectivity index (χ1) is 18.9. The van der Waals surface area contributed by atoms with Gasteiger partial charge >= 0.3 is 0 Å². The van der Waals surface area contributed by atoms with Crippen LogP contribution in [0.15, 0.2) is 42.6 Å². The summed E-state index contributed by atoms with van der Waals surface area (Å²) in [6.07, 6.45) is 2.87. The van der Waals surface area contributed by atoms with Crippen LogP contribution in [0.2, 0.25) is 0 Å². The van der Waals surface area contributed by atoms with Gasteiger partial charge in [-0.25, -0.2) is 0 Å². The van der Waals surface area contributed by atoms with E-state index in [1.165, 1.54) is 0 Å². The van der Waals surface area contributed by atoms with Gasteiger partial charge in [0.2, 0.25) is 0 Å². The number of aromatic amines is 2. The molecule has 0 unspecified atom stereocenters. The molecule has 4 aromatic rings. The molecule has 2 amide bonds. The monoisotopic (exact) mass is 528 g/mol. The number of rotatable bonds is 10. The number of benzene rings is 2. The van der Waals surface area contributed by atoms with Crippen LogP contribution in [-0.2, 0) is 0 Å². The lowest BCUT2D eigenvalue weighted by atomic mass is 10.1. The zero-order valence-electron chi connectivity index (χ0n) is 23.1. The van der Waals surface area contributed by atoms with Gasteiger partial charge in [0.25, 0.3) is 11.8 Å². The van der Waals surface area contributed by atoms with Crippen molar-refractivity contribution in [3.8, 4) is 11.3 Å². The second kappa shape index (κ2) is 12.0. The van der Waals surface area contributed by atoms with Crippen molar-refractivity contribution in [1.29, 1.82) is 0 Å². The van der Waals surface area contributed by atoms with E-state index in [0.717, 1.165) is 78.8 Å². The third-order valence-corrected chi connectivity index (χ3v) is 7.39. The molecular formula is C30H38N7O2. The molecule has 0 atom stereocenters. The molecule has 2 aromatic heterocycles. The van der Waals surface area contributed by atoms with Crippen molar-refractivity contribution in [1.82, 2.24) is 35.3 Å². The van der Waals surface area contributed by atoms with Crippen LogP contribution >= 0.6 is 0 Å². The number of fused-ring (bicyclic) bond motifs is 2. The van der Waals surface area contributed by atoms with E-state index >= 15 is 0 Å². The van der Waals surface area contributed by atoms with Gasteiger partial charge in [0.15, 0.2) is 0 Å². The predicted octanol–water partition coefficient (Wildman–Crippen LogP) is 2.78. The van der Waals surface area contributed by atoms with Crippen molar-refractivity contribution >= 4 is 33.6 Å². The van der Waals surface area contributed by atoms with Crippen molar-refractivity contribution in [3.63, 3.8) is 0 Å². The molecule has 9 nitrogen and oxygen atoms in total. The van der Waals surface area contributed by atoms with E-state index in [2.05, 4.69) is 43.5 Å². The largest absolute Gasteiger partial charge is 0.360 e. The zero-order chi connectivity index (χ0) is 27.4. The first-order valence-electron chi connectivity index (χ1n) is 13.7. The highest BCUT2D eigenvalue weighted by Gasteiger charge is 2.15. The van der Waals surface area contributed by atoms with Gasteiger partial charge in [-0.3, -0.25) is 9.59 Å². The van der Waals surface area contributed by atoms with Gasteiger partial charge < -0.3 is 35.3 Å². The van der Waals surface area contributed by atoms with Crippen LogP contribution in [0.25, 0.3) is 33.1 Å². The molecule has 1 aliphatic heterocycles. The molecule has 39 heavy (non-hydrogen) atoms. The molecule has 1 radical (unpaired) electrons. The van der Waals surface area contributed by atoms with Gasteiger partial charge in [-0.15, -0.1) is 0 Å². The Morgan fingerprint density at radius 3 is 2.38 bits per heavy atom. The Balaban J connectivity index is 1.22. The number of hydrogen-bond donors (Lipinski definition) is 4. The summed E-state index contributed by atoms with van der Waals surface area (Å²) < 4.78 is 0. The highest BCUT2D eigenvalue weighted by Crippen LogP contribution is 2.31. The summed E-state index contributed by atoms with van der Waals surface area (Å²) in [7, 11) is 6.12. The van der Waals surface area contributed by atoms with Crippen LogP contribution in [0.1, 0.15) is 27.1 Å². The first kappa shape index (κ1) is 26.9. The summed E-state index contributed by atoms with van der Waals surface area (Å²) in [5.74, 6) is -0.146. The van der Waals surface area contributed by atoms with E-state index in [1.807, 2.05) is 61.6 Å². The fourth-order valence-electron chi connectivity index (χ4n) is 4.98. The molecule has 5 rings (SSSR count). The maximum Gasteiger partial charge on any atom is 0.251 e. The summed E-state index contributed by atoms with van der Waals surface area (Å²) >= 11 is 0. The van der Waals surface area contributed by atoms with E-state index in [9.17, 15) is 9.59 Å². The number of carbonyl (C=O) groups is 2. The molecule has 9 heteroatoms. The van der Waals surface area contributed by atoms with Gasteiger partial charge in [0.1, 0.15) is 0 Å². The van der Waals surface area contributed by atoms with Crippen LogP contribution in [0.5, 0.6) is 0 Å². The minimum Gasteiger partial charge on any atom is -0.360 e. The summed E-state index contributed by atoms with van der Waals surface area (Å²) in [4.78, 5) is 38.9. The molecule has 1 fully saturated rings. The van der Waals surface area contributed by atoms with E-state index in [4.69, 9.17) is 0 Å². The Morgan fingerprint density at radius 1 is 0.949 bits per heavy atom. The molecular weight excluding hydrogens is 490 g/mol. The van der Waals surface area contributed by atoms with E-state index in [1.54, 1.807) is 0 Å². The fraction of sp³-hybridized carbons (Fsp3) is 0.400. The topological polar surface area (TPSA) is 99.5 Å². The Labute approximate surface area is 229 Å². The Hall–Kier alpha value is -3.66. The van der Waals surface area contributed by atoms with E-state index in [0.29, 0.717) is 24.2 Å². The standard InChI is InChI=1S/C30H38N7O2/c1-35(2)12-10-32-30(39)23-7-8-24-25(20-33-27(24)19-23)28-17-21-5-6-22(18-26(21)34-28)29(38)31-9-4-11-37-15-13-36(3)14-16-37/h5-8,18-20,33-34H,4,9-16H2,1-3H3,(H,31,38)(H,32,39). The number of aromatic nitrogens is 2. The number of hydrogen-bond acceptors (Lipinski definition) is 5. The number of carbonyl (C=O) groups excluding carboxylic acids is 2. The van der Waals surface area contributed by atoms with Crippen LogP contribution in [0, 0.1) is 6.07 Å². The van der Waals surface area contributed by atoms with E-state index < -0.39 is 0 Å². The number of likely N-dealkylation sites (N-methyl/N-ethyl adjacent to an activating group) is 2.